The summed E-state index contributed by atoms with van der Waals surface area (Å²) in [5.74, 6) is 0.675. The lowest BCUT2D eigenvalue weighted by molar-refractivity contribution is 0.0624. The molecule has 0 amide bonds. The summed E-state index contributed by atoms with van der Waals surface area (Å²) < 4.78 is 7.26. The van der Waals surface area contributed by atoms with Crippen molar-refractivity contribution in [2.75, 3.05) is 7.11 Å². The average Bonchev–Trinajstić information content (AvgIpc) is 2.93. The monoisotopic (exact) mass is 209 g/mol. The molecular weight excluding hydrogens is 190 g/mol. The Morgan fingerprint density at radius 2 is 2.40 bits per heavy atom. The lowest BCUT2D eigenvalue weighted by Crippen LogP contribution is -2.39. The van der Waals surface area contributed by atoms with Gasteiger partial charge in [-0.1, -0.05) is 0 Å². The maximum Gasteiger partial charge on any atom is 0.0754 e. The van der Waals surface area contributed by atoms with Crippen molar-refractivity contribution in [3.05, 3.63) is 18.0 Å². The van der Waals surface area contributed by atoms with E-state index >= 15 is 0 Å². The molecule has 0 aliphatic heterocycles. The normalized spacial score (nSPS) is 20.2. The molecular formula is C11H19N3O. The van der Waals surface area contributed by atoms with Gasteiger partial charge in [0.15, 0.2) is 0 Å². The van der Waals surface area contributed by atoms with Crippen LogP contribution >= 0.6 is 0 Å². The van der Waals surface area contributed by atoms with Crippen molar-refractivity contribution in [2.45, 2.75) is 31.4 Å². The lowest BCUT2D eigenvalue weighted by atomic mass is 10.0. The molecule has 0 bridgehead atoms. The Hall–Kier alpha value is -0.870. The Balaban J connectivity index is 1.92. The number of hydrogen-bond donors (Lipinski definition) is 1. The van der Waals surface area contributed by atoms with Gasteiger partial charge in [0, 0.05) is 32.8 Å². The lowest BCUT2D eigenvalue weighted by Gasteiger charge is -2.21. The van der Waals surface area contributed by atoms with Gasteiger partial charge in [-0.2, -0.15) is 5.10 Å². The molecule has 1 aliphatic rings. The van der Waals surface area contributed by atoms with Crippen molar-refractivity contribution < 1.29 is 4.74 Å². The smallest absolute Gasteiger partial charge is 0.0754 e. The molecule has 0 spiro atoms. The summed E-state index contributed by atoms with van der Waals surface area (Å²) >= 11 is 0. The highest BCUT2D eigenvalue weighted by Gasteiger charge is 2.35. The number of nitrogens with two attached hydrogens (primary N) is 1. The molecule has 1 fully saturated rings. The van der Waals surface area contributed by atoms with Crippen LogP contribution in [0.4, 0.5) is 0 Å². The Labute approximate surface area is 90.4 Å². The first kappa shape index (κ1) is 10.6. The van der Waals surface area contributed by atoms with E-state index < -0.39 is 0 Å². The molecule has 1 aromatic heterocycles. The molecule has 84 valence electrons. The van der Waals surface area contributed by atoms with Crippen LogP contribution in [0.2, 0.25) is 0 Å². The van der Waals surface area contributed by atoms with E-state index in [1.54, 1.807) is 11.8 Å². The zero-order valence-corrected chi connectivity index (χ0v) is 9.39. The SMILES string of the molecule is COC(C(N)Cc1ccn(C)n1)C1CC1. The Morgan fingerprint density at radius 3 is 2.87 bits per heavy atom. The van der Waals surface area contributed by atoms with Crippen LogP contribution in [-0.2, 0) is 18.2 Å². The molecule has 2 N–H and O–H groups in total. The van der Waals surface area contributed by atoms with Crippen LogP contribution < -0.4 is 5.73 Å². The fraction of sp³-hybridized carbons (Fsp3) is 0.727. The van der Waals surface area contributed by atoms with Crippen molar-refractivity contribution in [1.29, 1.82) is 0 Å². The second-order valence-corrected chi connectivity index (χ2v) is 4.39. The summed E-state index contributed by atoms with van der Waals surface area (Å²) in [6, 6.07) is 2.08. The van der Waals surface area contributed by atoms with Gasteiger partial charge >= 0.3 is 0 Å². The zero-order chi connectivity index (χ0) is 10.8. The van der Waals surface area contributed by atoms with Crippen molar-refractivity contribution in [3.8, 4) is 0 Å². The predicted molar refractivity (Wildman–Crippen MR) is 58.4 cm³/mol. The number of rotatable bonds is 5. The third-order valence-corrected chi connectivity index (χ3v) is 2.99. The molecule has 4 nitrogen and oxygen atoms in total. The van der Waals surface area contributed by atoms with E-state index in [2.05, 4.69) is 5.10 Å². The zero-order valence-electron chi connectivity index (χ0n) is 9.39. The highest BCUT2D eigenvalue weighted by atomic mass is 16.5. The summed E-state index contributed by atoms with van der Waals surface area (Å²) in [5, 5.41) is 4.33. The molecule has 1 saturated carbocycles. The molecule has 4 heteroatoms. The maximum atomic E-state index is 6.14. The number of ether oxygens (including phenoxy) is 1. The molecule has 2 unspecified atom stereocenters. The summed E-state index contributed by atoms with van der Waals surface area (Å²) in [6.45, 7) is 0. The van der Waals surface area contributed by atoms with Crippen LogP contribution in [0.15, 0.2) is 12.3 Å². The summed E-state index contributed by atoms with van der Waals surface area (Å²) in [5.41, 5.74) is 7.19. The minimum absolute atomic E-state index is 0.0670. The minimum atomic E-state index is 0.0670. The van der Waals surface area contributed by atoms with Gasteiger partial charge < -0.3 is 10.5 Å². The fourth-order valence-corrected chi connectivity index (χ4v) is 2.07. The molecule has 0 aromatic carbocycles. The van der Waals surface area contributed by atoms with Gasteiger partial charge in [0.2, 0.25) is 0 Å². The van der Waals surface area contributed by atoms with Crippen molar-refractivity contribution in [3.63, 3.8) is 0 Å². The largest absolute Gasteiger partial charge is 0.380 e. The first-order valence-electron chi connectivity index (χ1n) is 5.47. The van der Waals surface area contributed by atoms with E-state index in [4.69, 9.17) is 10.5 Å². The first-order valence-corrected chi connectivity index (χ1v) is 5.47. The number of aryl methyl sites for hydroxylation is 1. The van der Waals surface area contributed by atoms with Crippen LogP contribution in [0.25, 0.3) is 0 Å². The molecule has 1 aliphatic carbocycles. The average molecular weight is 209 g/mol. The van der Waals surface area contributed by atoms with E-state index in [-0.39, 0.29) is 12.1 Å². The number of methoxy groups -OCH3 is 1. The van der Waals surface area contributed by atoms with Gasteiger partial charge in [-0.05, 0) is 24.8 Å². The molecule has 2 atom stereocenters. The van der Waals surface area contributed by atoms with Crippen molar-refractivity contribution in [2.24, 2.45) is 18.7 Å². The van der Waals surface area contributed by atoms with Crippen LogP contribution in [0.5, 0.6) is 0 Å². The molecule has 1 heterocycles. The van der Waals surface area contributed by atoms with E-state index in [9.17, 15) is 0 Å². The van der Waals surface area contributed by atoms with Gasteiger partial charge in [-0.25, -0.2) is 0 Å². The van der Waals surface area contributed by atoms with Crippen LogP contribution in [0.1, 0.15) is 18.5 Å². The highest BCUT2D eigenvalue weighted by molar-refractivity contribution is 5.03. The number of aromatic nitrogens is 2. The van der Waals surface area contributed by atoms with Crippen molar-refractivity contribution in [1.82, 2.24) is 9.78 Å². The van der Waals surface area contributed by atoms with Crippen LogP contribution in [-0.4, -0.2) is 29.0 Å². The van der Waals surface area contributed by atoms with Gasteiger partial charge in [0.1, 0.15) is 0 Å². The van der Waals surface area contributed by atoms with Crippen LogP contribution in [0.3, 0.4) is 0 Å². The number of hydrogen-bond acceptors (Lipinski definition) is 3. The van der Waals surface area contributed by atoms with E-state index in [0.29, 0.717) is 5.92 Å². The van der Waals surface area contributed by atoms with Gasteiger partial charge in [0.05, 0.1) is 11.8 Å². The molecule has 15 heavy (non-hydrogen) atoms. The summed E-state index contributed by atoms with van der Waals surface area (Å²) in [4.78, 5) is 0. The molecule has 2 rings (SSSR count). The Bertz CT molecular complexity index is 319. The summed E-state index contributed by atoms with van der Waals surface area (Å²) in [7, 11) is 3.67. The maximum absolute atomic E-state index is 6.14. The summed E-state index contributed by atoms with van der Waals surface area (Å²) in [6.07, 6.45) is 5.46. The van der Waals surface area contributed by atoms with Crippen molar-refractivity contribution >= 4 is 0 Å². The third kappa shape index (κ3) is 2.58. The minimum Gasteiger partial charge on any atom is -0.380 e. The fourth-order valence-electron chi connectivity index (χ4n) is 2.07. The van der Waals surface area contributed by atoms with Crippen LogP contribution in [0, 0.1) is 5.92 Å². The first-order chi connectivity index (χ1) is 7.20. The Kier molecular flexibility index (Phi) is 3.07. The topological polar surface area (TPSA) is 53.1 Å². The van der Waals surface area contributed by atoms with Gasteiger partial charge in [-0.15, -0.1) is 0 Å². The predicted octanol–water partition coefficient (Wildman–Crippen LogP) is 0.715. The van der Waals surface area contributed by atoms with E-state index in [0.717, 1.165) is 12.1 Å². The van der Waals surface area contributed by atoms with Gasteiger partial charge in [-0.3, -0.25) is 4.68 Å². The standard InChI is InChI=1S/C11H19N3O/c1-14-6-5-9(13-14)7-10(12)11(15-2)8-3-4-8/h5-6,8,10-11H,3-4,7,12H2,1-2H3. The molecule has 1 aromatic rings. The van der Waals surface area contributed by atoms with E-state index in [1.165, 1.54) is 12.8 Å². The second-order valence-electron chi connectivity index (χ2n) is 4.39. The Morgan fingerprint density at radius 1 is 1.67 bits per heavy atom. The second kappa shape index (κ2) is 4.33. The quantitative estimate of drug-likeness (QED) is 0.777. The van der Waals surface area contributed by atoms with E-state index in [1.807, 2.05) is 19.3 Å². The van der Waals surface area contributed by atoms with Gasteiger partial charge in [0.25, 0.3) is 0 Å². The molecule has 0 saturated heterocycles. The number of nitrogens with zero attached hydrogens (tertiary/aromatic N) is 2. The third-order valence-electron chi connectivity index (χ3n) is 2.99. The molecule has 0 radical (unpaired) electrons. The highest BCUT2D eigenvalue weighted by Crippen LogP contribution is 2.35.